The predicted octanol–water partition coefficient (Wildman–Crippen LogP) is 2.30. The van der Waals surface area contributed by atoms with Crippen molar-refractivity contribution < 1.29 is 26.7 Å². The maximum atomic E-state index is 12.6. The van der Waals surface area contributed by atoms with Gasteiger partial charge in [-0.05, 0) is 32.9 Å². The molecule has 0 amide bonds. The third-order valence-corrected chi connectivity index (χ3v) is 2.37. The van der Waals surface area contributed by atoms with Gasteiger partial charge in [0.25, 0.3) is 0 Å². The predicted molar refractivity (Wildman–Crippen MR) is 42.6 cm³/mol. The maximum Gasteiger partial charge on any atom is 0.482 e. The second-order valence-corrected chi connectivity index (χ2v) is 3.82. The Labute approximate surface area is 83.8 Å². The molecule has 0 bridgehead atoms. The van der Waals surface area contributed by atoms with Crippen LogP contribution in [-0.2, 0) is 4.74 Å². The van der Waals surface area contributed by atoms with Gasteiger partial charge in [-0.3, -0.25) is 0 Å². The minimum absolute atomic E-state index is 0.138. The molecular formula is C8H12F5NO. The molecule has 1 saturated heterocycles. The molecule has 1 N–H and O–H groups in total. The fourth-order valence-corrected chi connectivity index (χ4v) is 1.43. The first-order chi connectivity index (χ1) is 6.66. The lowest BCUT2D eigenvalue weighted by atomic mass is 9.94. The van der Waals surface area contributed by atoms with Crippen molar-refractivity contribution in [2.24, 2.45) is 0 Å². The Morgan fingerprint density at radius 1 is 1.07 bits per heavy atom. The number of halogens is 5. The van der Waals surface area contributed by atoms with Crippen molar-refractivity contribution in [2.75, 3.05) is 13.1 Å². The van der Waals surface area contributed by atoms with E-state index in [9.17, 15) is 22.0 Å². The standard InChI is InChI=1S/C8H12F5NO/c1-6(2-4-14-5-3-6)15-8(12,13)7(9,10)11/h14H,2-5H2,1H3. The monoisotopic (exact) mass is 233 g/mol. The summed E-state index contributed by atoms with van der Waals surface area (Å²) in [6.07, 6.45) is -10.4. The molecule has 0 spiro atoms. The van der Waals surface area contributed by atoms with E-state index >= 15 is 0 Å². The number of nitrogens with one attached hydrogen (secondary N) is 1. The number of rotatable bonds is 2. The fourth-order valence-electron chi connectivity index (χ4n) is 1.43. The highest BCUT2D eigenvalue weighted by Gasteiger charge is 2.62. The highest BCUT2D eigenvalue weighted by atomic mass is 19.4. The van der Waals surface area contributed by atoms with Crippen LogP contribution in [0.15, 0.2) is 0 Å². The van der Waals surface area contributed by atoms with Gasteiger partial charge in [0.15, 0.2) is 0 Å². The first kappa shape index (κ1) is 12.6. The molecule has 1 fully saturated rings. The third kappa shape index (κ3) is 3.01. The molecule has 90 valence electrons. The van der Waals surface area contributed by atoms with Gasteiger partial charge < -0.3 is 10.1 Å². The first-order valence-electron chi connectivity index (χ1n) is 4.52. The van der Waals surface area contributed by atoms with E-state index < -0.39 is 17.9 Å². The van der Waals surface area contributed by atoms with Gasteiger partial charge in [0, 0.05) is 0 Å². The van der Waals surface area contributed by atoms with Crippen molar-refractivity contribution in [3.63, 3.8) is 0 Å². The Hall–Kier alpha value is -0.430. The normalized spacial score (nSPS) is 22.8. The van der Waals surface area contributed by atoms with Crippen molar-refractivity contribution in [3.8, 4) is 0 Å². The molecule has 1 heterocycles. The summed E-state index contributed by atoms with van der Waals surface area (Å²) in [5, 5.41) is 2.86. The average molecular weight is 233 g/mol. The lowest BCUT2D eigenvalue weighted by Gasteiger charge is -2.37. The number of hydrogen-bond donors (Lipinski definition) is 1. The van der Waals surface area contributed by atoms with E-state index in [0.717, 1.165) is 0 Å². The van der Waals surface area contributed by atoms with Gasteiger partial charge >= 0.3 is 12.3 Å². The van der Waals surface area contributed by atoms with Crippen LogP contribution in [0.5, 0.6) is 0 Å². The summed E-state index contributed by atoms with van der Waals surface area (Å²) in [4.78, 5) is 0. The summed E-state index contributed by atoms with van der Waals surface area (Å²) in [5.74, 6) is 0. The zero-order valence-corrected chi connectivity index (χ0v) is 8.13. The topological polar surface area (TPSA) is 21.3 Å². The molecule has 15 heavy (non-hydrogen) atoms. The zero-order valence-electron chi connectivity index (χ0n) is 8.13. The molecule has 1 aliphatic heterocycles. The van der Waals surface area contributed by atoms with Crippen LogP contribution in [0.1, 0.15) is 19.8 Å². The van der Waals surface area contributed by atoms with Gasteiger partial charge in [-0.15, -0.1) is 0 Å². The zero-order chi connectivity index (χ0) is 11.7. The molecule has 0 saturated carbocycles. The molecule has 0 aromatic heterocycles. The lowest BCUT2D eigenvalue weighted by Crippen LogP contribution is -2.50. The van der Waals surface area contributed by atoms with E-state index in [1.807, 2.05) is 0 Å². The van der Waals surface area contributed by atoms with Crippen LogP contribution in [-0.4, -0.2) is 31.0 Å². The molecule has 1 aliphatic rings. The molecule has 0 atom stereocenters. The summed E-state index contributed by atoms with van der Waals surface area (Å²) in [6.45, 7) is 2.03. The highest BCUT2D eigenvalue weighted by Crippen LogP contribution is 2.41. The van der Waals surface area contributed by atoms with E-state index in [1.165, 1.54) is 6.92 Å². The minimum Gasteiger partial charge on any atom is -0.317 e. The van der Waals surface area contributed by atoms with E-state index in [1.54, 1.807) is 0 Å². The first-order valence-corrected chi connectivity index (χ1v) is 4.52. The van der Waals surface area contributed by atoms with Crippen LogP contribution in [0.4, 0.5) is 22.0 Å². The molecule has 0 aromatic carbocycles. The van der Waals surface area contributed by atoms with Gasteiger partial charge in [0.1, 0.15) is 0 Å². The van der Waals surface area contributed by atoms with Crippen LogP contribution in [0, 0.1) is 0 Å². The average Bonchev–Trinajstić information content (AvgIpc) is 2.00. The smallest absolute Gasteiger partial charge is 0.317 e. The number of ether oxygens (including phenoxy) is 1. The Morgan fingerprint density at radius 2 is 1.53 bits per heavy atom. The summed E-state index contributed by atoms with van der Waals surface area (Å²) >= 11 is 0. The van der Waals surface area contributed by atoms with Crippen molar-refractivity contribution in [1.82, 2.24) is 5.32 Å². The molecule has 0 radical (unpaired) electrons. The van der Waals surface area contributed by atoms with Gasteiger partial charge in [-0.1, -0.05) is 0 Å². The van der Waals surface area contributed by atoms with Crippen molar-refractivity contribution >= 4 is 0 Å². The number of alkyl halides is 5. The summed E-state index contributed by atoms with van der Waals surface area (Å²) in [7, 11) is 0. The van der Waals surface area contributed by atoms with E-state index in [0.29, 0.717) is 13.1 Å². The van der Waals surface area contributed by atoms with Crippen LogP contribution >= 0.6 is 0 Å². The molecule has 0 unspecified atom stereocenters. The van der Waals surface area contributed by atoms with E-state index in [4.69, 9.17) is 0 Å². The lowest BCUT2D eigenvalue weighted by molar-refractivity contribution is -0.417. The fraction of sp³-hybridized carbons (Fsp3) is 1.00. The minimum atomic E-state index is -5.65. The Bertz CT molecular complexity index is 222. The quantitative estimate of drug-likeness (QED) is 0.739. The Morgan fingerprint density at radius 3 is 1.93 bits per heavy atom. The molecule has 1 rings (SSSR count). The van der Waals surface area contributed by atoms with Gasteiger partial charge in [-0.2, -0.15) is 22.0 Å². The number of hydrogen-bond acceptors (Lipinski definition) is 2. The molecule has 7 heteroatoms. The largest absolute Gasteiger partial charge is 0.482 e. The van der Waals surface area contributed by atoms with Crippen LogP contribution in [0.3, 0.4) is 0 Å². The van der Waals surface area contributed by atoms with Gasteiger partial charge in [0.2, 0.25) is 0 Å². The van der Waals surface area contributed by atoms with Gasteiger partial charge in [0.05, 0.1) is 5.60 Å². The summed E-state index contributed by atoms with van der Waals surface area (Å²) in [6, 6.07) is 0. The van der Waals surface area contributed by atoms with Crippen molar-refractivity contribution in [1.29, 1.82) is 0 Å². The van der Waals surface area contributed by atoms with Crippen LogP contribution < -0.4 is 5.32 Å². The van der Waals surface area contributed by atoms with Crippen LogP contribution in [0.2, 0.25) is 0 Å². The summed E-state index contributed by atoms with van der Waals surface area (Å²) in [5.41, 5.74) is -1.41. The summed E-state index contributed by atoms with van der Waals surface area (Å²) < 4.78 is 64.7. The maximum absolute atomic E-state index is 12.6. The SMILES string of the molecule is CC1(OC(F)(F)C(F)(F)F)CCNCC1. The molecule has 0 aromatic rings. The third-order valence-electron chi connectivity index (χ3n) is 2.37. The Balaban J connectivity index is 2.67. The van der Waals surface area contributed by atoms with E-state index in [2.05, 4.69) is 10.1 Å². The second-order valence-electron chi connectivity index (χ2n) is 3.82. The van der Waals surface area contributed by atoms with Crippen LogP contribution in [0.25, 0.3) is 0 Å². The Kier molecular flexibility index (Phi) is 3.25. The van der Waals surface area contributed by atoms with Crippen molar-refractivity contribution in [3.05, 3.63) is 0 Å². The van der Waals surface area contributed by atoms with E-state index in [-0.39, 0.29) is 12.8 Å². The van der Waals surface area contributed by atoms with Crippen molar-refractivity contribution in [2.45, 2.75) is 37.7 Å². The molecular weight excluding hydrogens is 221 g/mol. The molecule has 2 nitrogen and oxygen atoms in total. The second kappa shape index (κ2) is 3.86. The number of piperidine rings is 1. The van der Waals surface area contributed by atoms with Gasteiger partial charge in [-0.25, -0.2) is 0 Å². The molecule has 0 aliphatic carbocycles. The highest BCUT2D eigenvalue weighted by molar-refractivity contribution is 4.84.